The SMILES string of the molecule is COc1cc(NC(=O)CCc2c(C)nc(C)[nH]c2=O)cc(OC)c1OC. The fourth-order valence-corrected chi connectivity index (χ4v) is 2.66. The Labute approximate surface area is 151 Å². The summed E-state index contributed by atoms with van der Waals surface area (Å²) in [5.41, 5.74) is 1.44. The van der Waals surface area contributed by atoms with Crippen molar-refractivity contribution in [3.05, 3.63) is 39.6 Å². The van der Waals surface area contributed by atoms with Gasteiger partial charge in [-0.15, -0.1) is 0 Å². The monoisotopic (exact) mass is 361 g/mol. The van der Waals surface area contributed by atoms with Crippen molar-refractivity contribution in [2.75, 3.05) is 26.6 Å². The van der Waals surface area contributed by atoms with Gasteiger partial charge < -0.3 is 24.5 Å². The highest BCUT2D eigenvalue weighted by Crippen LogP contribution is 2.39. The molecule has 2 aromatic rings. The Kier molecular flexibility index (Phi) is 6.21. The van der Waals surface area contributed by atoms with E-state index in [2.05, 4.69) is 15.3 Å². The number of nitrogens with zero attached hydrogens (tertiary/aromatic N) is 1. The van der Waals surface area contributed by atoms with Crippen molar-refractivity contribution in [2.24, 2.45) is 0 Å². The Morgan fingerprint density at radius 3 is 2.23 bits per heavy atom. The lowest BCUT2D eigenvalue weighted by Gasteiger charge is -2.14. The summed E-state index contributed by atoms with van der Waals surface area (Å²) in [6.45, 7) is 3.48. The van der Waals surface area contributed by atoms with Gasteiger partial charge >= 0.3 is 0 Å². The zero-order valence-corrected chi connectivity index (χ0v) is 15.6. The molecule has 2 N–H and O–H groups in total. The number of aromatic nitrogens is 2. The summed E-state index contributed by atoms with van der Waals surface area (Å²) in [5.74, 6) is 1.65. The van der Waals surface area contributed by atoms with Crippen LogP contribution in [-0.4, -0.2) is 37.2 Å². The van der Waals surface area contributed by atoms with Gasteiger partial charge in [-0.2, -0.15) is 0 Å². The van der Waals surface area contributed by atoms with Crippen LogP contribution < -0.4 is 25.1 Å². The number of H-pyrrole nitrogens is 1. The molecule has 140 valence electrons. The van der Waals surface area contributed by atoms with Gasteiger partial charge in [0.25, 0.3) is 5.56 Å². The lowest BCUT2D eigenvalue weighted by molar-refractivity contribution is -0.116. The predicted molar refractivity (Wildman–Crippen MR) is 97.4 cm³/mol. The first kappa shape index (κ1) is 19.3. The second-order valence-corrected chi connectivity index (χ2v) is 5.68. The van der Waals surface area contributed by atoms with Crippen molar-refractivity contribution in [1.82, 2.24) is 9.97 Å². The molecule has 0 saturated carbocycles. The van der Waals surface area contributed by atoms with E-state index in [9.17, 15) is 9.59 Å². The first-order chi connectivity index (χ1) is 12.4. The lowest BCUT2D eigenvalue weighted by Crippen LogP contribution is -2.20. The summed E-state index contributed by atoms with van der Waals surface area (Å²) < 4.78 is 15.8. The summed E-state index contributed by atoms with van der Waals surface area (Å²) >= 11 is 0. The van der Waals surface area contributed by atoms with Crippen molar-refractivity contribution >= 4 is 11.6 Å². The Morgan fingerprint density at radius 2 is 1.73 bits per heavy atom. The molecule has 0 aliphatic carbocycles. The second-order valence-electron chi connectivity index (χ2n) is 5.68. The number of amides is 1. The zero-order chi connectivity index (χ0) is 19.3. The van der Waals surface area contributed by atoms with Crippen LogP contribution in [0.5, 0.6) is 17.2 Å². The number of carbonyl (C=O) groups excluding carboxylic acids is 1. The number of carbonyl (C=O) groups is 1. The molecule has 0 radical (unpaired) electrons. The Balaban J connectivity index is 2.12. The maximum Gasteiger partial charge on any atom is 0.254 e. The highest BCUT2D eigenvalue weighted by Gasteiger charge is 2.15. The van der Waals surface area contributed by atoms with Crippen molar-refractivity contribution < 1.29 is 19.0 Å². The molecule has 8 nitrogen and oxygen atoms in total. The molecule has 1 amide bonds. The van der Waals surface area contributed by atoms with Crippen molar-refractivity contribution in [1.29, 1.82) is 0 Å². The molecule has 0 spiro atoms. The number of rotatable bonds is 7. The largest absolute Gasteiger partial charge is 0.493 e. The topological polar surface area (TPSA) is 103 Å². The number of ether oxygens (including phenoxy) is 3. The van der Waals surface area contributed by atoms with E-state index in [0.29, 0.717) is 46.4 Å². The molecule has 0 aliphatic heterocycles. The number of hydrogen-bond acceptors (Lipinski definition) is 6. The molecule has 1 aromatic heterocycles. The number of benzene rings is 1. The fraction of sp³-hybridized carbons (Fsp3) is 0.389. The van der Waals surface area contributed by atoms with Gasteiger partial charge in [0, 0.05) is 35.5 Å². The molecule has 0 bridgehead atoms. The summed E-state index contributed by atoms with van der Waals surface area (Å²) in [5, 5.41) is 2.78. The molecule has 1 aromatic carbocycles. The van der Waals surface area contributed by atoms with Crippen LogP contribution in [0.1, 0.15) is 23.5 Å². The maximum atomic E-state index is 12.3. The molecule has 0 unspecified atom stereocenters. The number of hydrogen-bond donors (Lipinski definition) is 2. The van der Waals surface area contributed by atoms with E-state index in [1.165, 1.54) is 21.3 Å². The van der Waals surface area contributed by atoms with Gasteiger partial charge in [0.15, 0.2) is 11.5 Å². The molecule has 26 heavy (non-hydrogen) atoms. The van der Waals surface area contributed by atoms with Crippen LogP contribution in [-0.2, 0) is 11.2 Å². The maximum absolute atomic E-state index is 12.3. The van der Waals surface area contributed by atoms with E-state index < -0.39 is 0 Å². The molecule has 0 fully saturated rings. The average Bonchev–Trinajstić information content (AvgIpc) is 2.59. The van der Waals surface area contributed by atoms with Crippen molar-refractivity contribution in [3.63, 3.8) is 0 Å². The summed E-state index contributed by atoms with van der Waals surface area (Å²) in [7, 11) is 4.51. The van der Waals surface area contributed by atoms with Crippen LogP contribution >= 0.6 is 0 Å². The molecular weight excluding hydrogens is 338 g/mol. The third kappa shape index (κ3) is 4.33. The molecule has 8 heteroatoms. The minimum Gasteiger partial charge on any atom is -0.493 e. The number of methoxy groups -OCH3 is 3. The second kappa shape index (κ2) is 8.37. The van der Waals surface area contributed by atoms with Crippen LogP contribution in [0, 0.1) is 13.8 Å². The smallest absolute Gasteiger partial charge is 0.254 e. The van der Waals surface area contributed by atoms with Gasteiger partial charge in [-0.25, -0.2) is 4.98 Å². The van der Waals surface area contributed by atoms with Gasteiger partial charge in [0.2, 0.25) is 11.7 Å². The van der Waals surface area contributed by atoms with Crippen molar-refractivity contribution in [3.8, 4) is 17.2 Å². The molecule has 0 aliphatic rings. The van der Waals surface area contributed by atoms with E-state index in [4.69, 9.17) is 14.2 Å². The van der Waals surface area contributed by atoms with Crippen LogP contribution in [0.15, 0.2) is 16.9 Å². The summed E-state index contributed by atoms with van der Waals surface area (Å²) in [6, 6.07) is 3.29. The third-order valence-corrected chi connectivity index (χ3v) is 3.89. The standard InChI is InChI=1S/C18H23N3O5/c1-10-13(18(23)20-11(2)19-10)6-7-16(22)21-12-8-14(24-3)17(26-5)15(9-12)25-4/h8-9H,6-7H2,1-5H3,(H,21,22)(H,19,20,23). The van der Waals surface area contributed by atoms with Gasteiger partial charge in [-0.05, 0) is 20.3 Å². The number of aromatic amines is 1. The molecule has 2 rings (SSSR count). The molecular formula is C18H23N3O5. The molecule has 1 heterocycles. The Hall–Kier alpha value is -3.03. The molecule has 0 saturated heterocycles. The quantitative estimate of drug-likeness (QED) is 0.782. The highest BCUT2D eigenvalue weighted by molar-refractivity contribution is 5.91. The average molecular weight is 361 g/mol. The molecule has 0 atom stereocenters. The number of anilines is 1. The van der Waals surface area contributed by atoms with Gasteiger partial charge in [-0.1, -0.05) is 0 Å². The minimum atomic E-state index is -0.237. The summed E-state index contributed by atoms with van der Waals surface area (Å²) in [4.78, 5) is 31.1. The van der Waals surface area contributed by atoms with Crippen LogP contribution in [0.3, 0.4) is 0 Å². The first-order valence-electron chi connectivity index (χ1n) is 8.05. The van der Waals surface area contributed by atoms with E-state index in [0.717, 1.165) is 0 Å². The Bertz CT molecular complexity index is 835. The number of aryl methyl sites for hydroxylation is 2. The van der Waals surface area contributed by atoms with Gasteiger partial charge in [0.05, 0.1) is 21.3 Å². The predicted octanol–water partition coefficient (Wildman–Crippen LogP) is 1.98. The van der Waals surface area contributed by atoms with E-state index in [-0.39, 0.29) is 17.9 Å². The normalized spacial score (nSPS) is 10.3. The van der Waals surface area contributed by atoms with E-state index in [1.807, 2.05) is 0 Å². The zero-order valence-electron chi connectivity index (χ0n) is 15.6. The van der Waals surface area contributed by atoms with E-state index in [1.54, 1.807) is 26.0 Å². The lowest BCUT2D eigenvalue weighted by atomic mass is 10.1. The third-order valence-electron chi connectivity index (χ3n) is 3.89. The van der Waals surface area contributed by atoms with Crippen LogP contribution in [0.4, 0.5) is 5.69 Å². The van der Waals surface area contributed by atoms with Crippen LogP contribution in [0.25, 0.3) is 0 Å². The first-order valence-corrected chi connectivity index (χ1v) is 8.05. The van der Waals surface area contributed by atoms with Crippen LogP contribution in [0.2, 0.25) is 0 Å². The minimum absolute atomic E-state index is 0.144. The summed E-state index contributed by atoms with van der Waals surface area (Å²) in [6.07, 6.45) is 0.441. The van der Waals surface area contributed by atoms with Crippen molar-refractivity contribution in [2.45, 2.75) is 26.7 Å². The Morgan fingerprint density at radius 1 is 1.12 bits per heavy atom. The number of nitrogens with one attached hydrogen (secondary N) is 2. The van der Waals surface area contributed by atoms with Gasteiger partial charge in [-0.3, -0.25) is 9.59 Å². The fourth-order valence-electron chi connectivity index (χ4n) is 2.66. The van der Waals surface area contributed by atoms with Gasteiger partial charge in [0.1, 0.15) is 5.82 Å². The highest BCUT2D eigenvalue weighted by atomic mass is 16.5. The van der Waals surface area contributed by atoms with E-state index >= 15 is 0 Å².